The van der Waals surface area contributed by atoms with Gasteiger partial charge in [0, 0.05) is 25.6 Å². The van der Waals surface area contributed by atoms with E-state index in [1.165, 1.54) is 26.3 Å². The number of methoxy groups -OCH3 is 1. The third-order valence-electron chi connectivity index (χ3n) is 6.14. The molecule has 4 atom stereocenters. The van der Waals surface area contributed by atoms with E-state index in [1.807, 2.05) is 32.0 Å². The fourth-order valence-corrected chi connectivity index (χ4v) is 4.24. The summed E-state index contributed by atoms with van der Waals surface area (Å²) in [6.45, 7) is 5.77. The fraction of sp³-hybridized carbons (Fsp3) is 0.448. The Hall–Kier alpha value is -4.48. The average Bonchev–Trinajstić information content (AvgIpc) is 2.95. The Bertz CT molecular complexity index is 1260. The second-order valence-corrected chi connectivity index (χ2v) is 9.93. The summed E-state index contributed by atoms with van der Waals surface area (Å²) in [6, 6.07) is 9.01. The maximum absolute atomic E-state index is 13.4. The van der Waals surface area contributed by atoms with Crippen LogP contribution in [0, 0.1) is 11.8 Å². The van der Waals surface area contributed by atoms with Gasteiger partial charge in [-0.25, -0.2) is 9.78 Å². The third-order valence-corrected chi connectivity index (χ3v) is 6.14. The van der Waals surface area contributed by atoms with Crippen LogP contribution in [0.25, 0.3) is 0 Å². The van der Waals surface area contributed by atoms with Gasteiger partial charge in [0.25, 0.3) is 5.91 Å². The van der Waals surface area contributed by atoms with Crippen LogP contribution in [0.1, 0.15) is 50.2 Å². The van der Waals surface area contributed by atoms with E-state index in [2.05, 4.69) is 10.3 Å². The monoisotopic (exact) mass is 570 g/mol. The zero-order chi connectivity index (χ0) is 30.1. The number of aromatic nitrogens is 1. The Kier molecular flexibility index (Phi) is 10.8. The first-order valence-corrected chi connectivity index (χ1v) is 13.1. The average molecular weight is 571 g/mol. The summed E-state index contributed by atoms with van der Waals surface area (Å²) in [7, 11) is 1.32. The SMILES string of the molecule is COc1ccnc(C(=O)NC2COC(=O)[C@H](Cc3ccccc3)C(OC(=O)CC(C)C)[C@H](C)OC2=O)c1OC(C)=O. The molecule has 1 aromatic heterocycles. The molecule has 12 heteroatoms. The Morgan fingerprint density at radius 3 is 2.44 bits per heavy atom. The van der Waals surface area contributed by atoms with Crippen molar-refractivity contribution in [2.24, 2.45) is 11.8 Å². The summed E-state index contributed by atoms with van der Waals surface area (Å²) in [4.78, 5) is 67.9. The molecule has 0 aliphatic carbocycles. The molecule has 220 valence electrons. The molecule has 41 heavy (non-hydrogen) atoms. The first-order chi connectivity index (χ1) is 19.5. The van der Waals surface area contributed by atoms with Crippen LogP contribution in [0.3, 0.4) is 0 Å². The smallest absolute Gasteiger partial charge is 0.332 e. The third kappa shape index (κ3) is 8.50. The maximum atomic E-state index is 13.4. The van der Waals surface area contributed by atoms with Crippen LogP contribution in [0.4, 0.5) is 0 Å². The summed E-state index contributed by atoms with van der Waals surface area (Å²) in [5.41, 5.74) is 0.443. The molecule has 0 bridgehead atoms. The van der Waals surface area contributed by atoms with Crippen LogP contribution >= 0.6 is 0 Å². The molecule has 0 radical (unpaired) electrons. The summed E-state index contributed by atoms with van der Waals surface area (Å²) in [5.74, 6) is -5.04. The van der Waals surface area contributed by atoms with Gasteiger partial charge in [-0.15, -0.1) is 0 Å². The molecule has 3 rings (SSSR count). The van der Waals surface area contributed by atoms with Crippen molar-refractivity contribution in [3.8, 4) is 11.5 Å². The predicted octanol–water partition coefficient (Wildman–Crippen LogP) is 2.42. The van der Waals surface area contributed by atoms with Crippen molar-refractivity contribution in [3.05, 3.63) is 53.9 Å². The molecule has 2 unspecified atom stereocenters. The molecule has 0 spiro atoms. The van der Waals surface area contributed by atoms with Crippen molar-refractivity contribution in [1.29, 1.82) is 0 Å². The normalized spacial score (nSPS) is 20.9. The van der Waals surface area contributed by atoms with Crippen molar-refractivity contribution >= 4 is 29.8 Å². The van der Waals surface area contributed by atoms with Gasteiger partial charge < -0.3 is 29.0 Å². The van der Waals surface area contributed by atoms with Gasteiger partial charge in [0.2, 0.25) is 5.75 Å². The number of ether oxygens (including phenoxy) is 5. The van der Waals surface area contributed by atoms with Crippen molar-refractivity contribution in [2.75, 3.05) is 13.7 Å². The second-order valence-electron chi connectivity index (χ2n) is 9.93. The lowest BCUT2D eigenvalue weighted by molar-refractivity contribution is -0.174. The largest absolute Gasteiger partial charge is 0.493 e. The highest BCUT2D eigenvalue weighted by molar-refractivity contribution is 5.98. The Balaban J connectivity index is 1.89. The van der Waals surface area contributed by atoms with E-state index >= 15 is 0 Å². The molecule has 12 nitrogen and oxygen atoms in total. The van der Waals surface area contributed by atoms with Crippen molar-refractivity contribution in [3.63, 3.8) is 0 Å². The van der Waals surface area contributed by atoms with Gasteiger partial charge in [-0.1, -0.05) is 44.2 Å². The highest BCUT2D eigenvalue weighted by atomic mass is 16.6. The van der Waals surface area contributed by atoms with E-state index in [-0.39, 0.29) is 36.0 Å². The summed E-state index contributed by atoms with van der Waals surface area (Å²) in [6.07, 6.45) is -0.708. The first-order valence-electron chi connectivity index (χ1n) is 13.1. The number of nitrogens with zero attached hydrogens (tertiary/aromatic N) is 1. The lowest BCUT2D eigenvalue weighted by Crippen LogP contribution is -2.47. The van der Waals surface area contributed by atoms with Crippen molar-refractivity contribution in [2.45, 2.75) is 58.8 Å². The molecule has 2 heterocycles. The molecule has 2 aromatic rings. The molecule has 1 aliphatic rings. The topological polar surface area (TPSA) is 156 Å². The first kappa shape index (κ1) is 31.1. The van der Waals surface area contributed by atoms with E-state index in [4.69, 9.17) is 23.7 Å². The van der Waals surface area contributed by atoms with Gasteiger partial charge in [-0.2, -0.15) is 0 Å². The molecule has 1 aliphatic heterocycles. The van der Waals surface area contributed by atoms with Crippen LogP contribution in [-0.2, 0) is 39.8 Å². The lowest BCUT2D eigenvalue weighted by Gasteiger charge is -2.29. The fourth-order valence-electron chi connectivity index (χ4n) is 4.24. The maximum Gasteiger partial charge on any atom is 0.332 e. The molecule has 1 saturated heterocycles. The van der Waals surface area contributed by atoms with E-state index in [1.54, 1.807) is 12.1 Å². The highest BCUT2D eigenvalue weighted by Gasteiger charge is 2.42. The standard InChI is InChI=1S/C29H34N2O10/c1-16(2)13-23(33)41-25-17(3)39-29(36)21(15-38-28(35)20(25)14-19-9-7-6-8-10-19)31-27(34)24-26(40-18(4)32)22(37-5)11-12-30-24/h6-12,16-17,20-21,25H,13-15H2,1-5H3,(H,31,34)/t17-,20+,21?,25?/m0/s1. The Labute approximate surface area is 237 Å². The van der Waals surface area contributed by atoms with Gasteiger partial charge in [0.15, 0.2) is 23.6 Å². The number of hydrogen-bond acceptors (Lipinski definition) is 11. The number of nitrogens with one attached hydrogen (secondary N) is 1. The zero-order valence-electron chi connectivity index (χ0n) is 23.6. The molecule has 1 fully saturated rings. The van der Waals surface area contributed by atoms with Gasteiger partial charge in [0.05, 0.1) is 7.11 Å². The van der Waals surface area contributed by atoms with Crippen LogP contribution in [0.15, 0.2) is 42.6 Å². The minimum absolute atomic E-state index is 0.00194. The lowest BCUT2D eigenvalue weighted by atomic mass is 9.91. The number of hydrogen-bond donors (Lipinski definition) is 1. The van der Waals surface area contributed by atoms with Gasteiger partial charge in [-0.05, 0) is 24.8 Å². The van der Waals surface area contributed by atoms with E-state index < -0.39 is 60.6 Å². The van der Waals surface area contributed by atoms with Crippen molar-refractivity contribution in [1.82, 2.24) is 10.3 Å². The molecular weight excluding hydrogens is 536 g/mol. The van der Waals surface area contributed by atoms with Gasteiger partial charge >= 0.3 is 23.9 Å². The number of esters is 4. The van der Waals surface area contributed by atoms with Crippen LogP contribution in [0.5, 0.6) is 11.5 Å². The summed E-state index contributed by atoms with van der Waals surface area (Å²) < 4.78 is 27.0. The Morgan fingerprint density at radius 1 is 1.10 bits per heavy atom. The summed E-state index contributed by atoms with van der Waals surface area (Å²) in [5, 5.41) is 2.42. The van der Waals surface area contributed by atoms with Crippen LogP contribution in [0.2, 0.25) is 0 Å². The number of cyclic esters (lactones) is 2. The minimum atomic E-state index is -1.45. The predicted molar refractivity (Wildman–Crippen MR) is 143 cm³/mol. The number of pyridine rings is 1. The minimum Gasteiger partial charge on any atom is -0.493 e. The highest BCUT2D eigenvalue weighted by Crippen LogP contribution is 2.30. The number of benzene rings is 1. The molecule has 1 amide bonds. The molecular formula is C29H34N2O10. The quantitative estimate of drug-likeness (QED) is 0.349. The Morgan fingerprint density at radius 2 is 1.80 bits per heavy atom. The molecule has 1 aromatic carbocycles. The second kappa shape index (κ2) is 14.2. The van der Waals surface area contributed by atoms with Gasteiger partial charge in [0.1, 0.15) is 18.6 Å². The van der Waals surface area contributed by atoms with E-state index in [0.717, 1.165) is 12.5 Å². The molecule has 1 N–H and O–H groups in total. The zero-order valence-corrected chi connectivity index (χ0v) is 23.6. The van der Waals surface area contributed by atoms with Gasteiger partial charge in [-0.3, -0.25) is 19.2 Å². The summed E-state index contributed by atoms with van der Waals surface area (Å²) >= 11 is 0. The van der Waals surface area contributed by atoms with Crippen molar-refractivity contribution < 1.29 is 47.7 Å². The number of carbonyl (C=O) groups excluding carboxylic acids is 5. The van der Waals surface area contributed by atoms with E-state index in [0.29, 0.717) is 0 Å². The van der Waals surface area contributed by atoms with Crippen LogP contribution in [-0.4, -0.2) is 66.7 Å². The number of rotatable bonds is 9. The number of amides is 1. The molecule has 0 saturated carbocycles. The number of carbonyl (C=O) groups is 5. The van der Waals surface area contributed by atoms with Crippen LogP contribution < -0.4 is 14.8 Å². The van der Waals surface area contributed by atoms with E-state index in [9.17, 15) is 24.0 Å².